The summed E-state index contributed by atoms with van der Waals surface area (Å²) in [6.45, 7) is 1.50. The number of hydrogen-bond donors (Lipinski definition) is 1. The number of rotatable bonds is 6. The topological polar surface area (TPSA) is 101 Å². The summed E-state index contributed by atoms with van der Waals surface area (Å²) in [6.07, 6.45) is 7.84. The third kappa shape index (κ3) is 4.55. The first-order valence-electron chi connectivity index (χ1n) is 12.4. The van der Waals surface area contributed by atoms with Gasteiger partial charge in [-0.1, -0.05) is 31.0 Å². The minimum absolute atomic E-state index is 0.0666. The van der Waals surface area contributed by atoms with Crippen LogP contribution in [0, 0.1) is 24.1 Å². The zero-order chi connectivity index (χ0) is 26.8. The molecule has 0 unspecified atom stereocenters. The molecule has 0 aliphatic heterocycles. The highest BCUT2D eigenvalue weighted by molar-refractivity contribution is 6.09. The fraction of sp³-hybridized carbons (Fsp3) is 0.200. The largest absolute Gasteiger partial charge is 0.494 e. The highest BCUT2D eigenvalue weighted by Crippen LogP contribution is 2.34. The number of halogens is 1. The Balaban J connectivity index is 1.59. The normalized spacial score (nSPS) is 13.7. The summed E-state index contributed by atoms with van der Waals surface area (Å²) >= 11 is 0. The average Bonchev–Trinajstić information content (AvgIpc) is 3.59. The van der Waals surface area contributed by atoms with Gasteiger partial charge in [-0.3, -0.25) is 14.2 Å². The van der Waals surface area contributed by atoms with E-state index in [-0.39, 0.29) is 28.5 Å². The van der Waals surface area contributed by atoms with Gasteiger partial charge < -0.3 is 5.11 Å². The lowest BCUT2D eigenvalue weighted by atomic mass is 9.99. The van der Waals surface area contributed by atoms with E-state index in [9.17, 15) is 24.3 Å². The third-order valence-electron chi connectivity index (χ3n) is 6.98. The summed E-state index contributed by atoms with van der Waals surface area (Å²) in [6, 6.07) is 17.0. The maximum Gasteiger partial charge on any atom is 0.271 e. The van der Waals surface area contributed by atoms with Crippen molar-refractivity contribution >= 4 is 11.9 Å². The molecule has 2 aromatic carbocycles. The smallest absolute Gasteiger partial charge is 0.271 e. The number of nitriles is 1. The molecule has 0 bridgehead atoms. The van der Waals surface area contributed by atoms with Gasteiger partial charge in [-0.15, -0.1) is 0 Å². The Kier molecular flexibility index (Phi) is 6.75. The van der Waals surface area contributed by atoms with Gasteiger partial charge in [0.15, 0.2) is 5.78 Å². The van der Waals surface area contributed by atoms with Crippen molar-refractivity contribution in [3.05, 3.63) is 105 Å². The number of nitrogens with zero attached hydrogens (tertiary/aromatic N) is 4. The second-order valence-corrected chi connectivity index (χ2v) is 9.34. The Labute approximate surface area is 218 Å². The molecule has 0 spiro atoms. The summed E-state index contributed by atoms with van der Waals surface area (Å²) in [5.41, 5.74) is 1.96. The van der Waals surface area contributed by atoms with Crippen molar-refractivity contribution in [3.63, 3.8) is 0 Å². The fourth-order valence-corrected chi connectivity index (χ4v) is 5.02. The van der Waals surface area contributed by atoms with Crippen LogP contribution in [0.3, 0.4) is 0 Å². The van der Waals surface area contributed by atoms with E-state index in [0.29, 0.717) is 29.7 Å². The summed E-state index contributed by atoms with van der Waals surface area (Å²) in [7, 11) is 0. The molecule has 0 atom stereocenters. The molecule has 1 aliphatic rings. The Morgan fingerprint density at radius 1 is 1.13 bits per heavy atom. The number of aromatic nitrogens is 3. The number of pyridine rings is 1. The van der Waals surface area contributed by atoms with Crippen LogP contribution in [-0.2, 0) is 0 Å². The Morgan fingerprint density at radius 2 is 1.82 bits per heavy atom. The Bertz CT molecular complexity index is 1640. The number of carbonyl (C=O) groups is 1. The predicted molar refractivity (Wildman–Crippen MR) is 142 cm³/mol. The van der Waals surface area contributed by atoms with Gasteiger partial charge in [0, 0.05) is 23.4 Å². The molecule has 38 heavy (non-hydrogen) atoms. The number of allylic oxidation sites excluding steroid dienone is 1. The maximum absolute atomic E-state index is 13.6. The van der Waals surface area contributed by atoms with Crippen molar-refractivity contribution in [2.24, 2.45) is 0 Å². The van der Waals surface area contributed by atoms with Crippen molar-refractivity contribution in [2.45, 2.75) is 38.6 Å². The van der Waals surface area contributed by atoms with Crippen molar-refractivity contribution in [1.82, 2.24) is 14.3 Å². The molecule has 7 nitrogen and oxygen atoms in total. The van der Waals surface area contributed by atoms with Gasteiger partial charge in [0.05, 0.1) is 16.9 Å². The molecular weight excluding hydrogens is 483 g/mol. The molecule has 2 aromatic heterocycles. The highest BCUT2D eigenvalue weighted by atomic mass is 19.1. The van der Waals surface area contributed by atoms with Crippen LogP contribution in [0.25, 0.3) is 23.0 Å². The third-order valence-corrected chi connectivity index (χ3v) is 6.98. The van der Waals surface area contributed by atoms with Crippen molar-refractivity contribution < 1.29 is 14.3 Å². The van der Waals surface area contributed by atoms with Crippen molar-refractivity contribution in [1.29, 1.82) is 5.26 Å². The first-order chi connectivity index (χ1) is 18.4. The number of para-hydroxylation sites is 1. The lowest BCUT2D eigenvalue weighted by molar-refractivity contribution is 0.104. The van der Waals surface area contributed by atoms with E-state index >= 15 is 0 Å². The number of benzene rings is 2. The van der Waals surface area contributed by atoms with E-state index in [0.717, 1.165) is 18.5 Å². The van der Waals surface area contributed by atoms with Crippen LogP contribution in [0.4, 0.5) is 4.39 Å². The van der Waals surface area contributed by atoms with Gasteiger partial charge in [-0.05, 0) is 73.9 Å². The SMILES string of the molecule is Cc1c(C(=O)/C=C/c2cn(-c3ccccc3)nc2-c2ccc(F)cc2)c(O)n(C2CCCC2)c(=O)c1C#N. The second-order valence-electron chi connectivity index (χ2n) is 9.34. The minimum atomic E-state index is -0.572. The van der Waals surface area contributed by atoms with E-state index in [1.54, 1.807) is 29.1 Å². The van der Waals surface area contributed by atoms with Gasteiger partial charge >= 0.3 is 0 Å². The van der Waals surface area contributed by atoms with E-state index in [1.165, 1.54) is 29.7 Å². The zero-order valence-corrected chi connectivity index (χ0v) is 20.8. The predicted octanol–water partition coefficient (Wildman–Crippen LogP) is 5.74. The number of carbonyl (C=O) groups excluding carboxylic acids is 1. The molecule has 4 aromatic rings. The van der Waals surface area contributed by atoms with Gasteiger partial charge in [0.1, 0.15) is 17.4 Å². The van der Waals surface area contributed by atoms with E-state index < -0.39 is 17.2 Å². The summed E-state index contributed by atoms with van der Waals surface area (Å²) in [4.78, 5) is 26.4. The lowest BCUT2D eigenvalue weighted by Crippen LogP contribution is -2.28. The van der Waals surface area contributed by atoms with E-state index in [1.807, 2.05) is 36.4 Å². The number of ketones is 1. The second kappa shape index (κ2) is 10.3. The Hall–Kier alpha value is -4.77. The molecule has 1 aliphatic carbocycles. The molecular formula is C30H25FN4O3. The lowest BCUT2D eigenvalue weighted by Gasteiger charge is -2.19. The van der Waals surface area contributed by atoms with Gasteiger partial charge in [-0.2, -0.15) is 10.4 Å². The highest BCUT2D eigenvalue weighted by Gasteiger charge is 2.28. The molecule has 1 saturated carbocycles. The molecule has 8 heteroatoms. The quantitative estimate of drug-likeness (QED) is 0.265. The van der Waals surface area contributed by atoms with Crippen LogP contribution >= 0.6 is 0 Å². The van der Waals surface area contributed by atoms with Crippen LogP contribution < -0.4 is 5.56 Å². The minimum Gasteiger partial charge on any atom is -0.494 e. The molecule has 0 saturated heterocycles. The van der Waals surface area contributed by atoms with Crippen LogP contribution in [0.2, 0.25) is 0 Å². The molecule has 0 radical (unpaired) electrons. The number of aromatic hydroxyl groups is 1. The van der Waals surface area contributed by atoms with Gasteiger partial charge in [0.25, 0.3) is 5.56 Å². The first kappa shape index (κ1) is 24.9. The average molecular weight is 509 g/mol. The van der Waals surface area contributed by atoms with Gasteiger partial charge in [0.2, 0.25) is 5.88 Å². The molecule has 1 fully saturated rings. The van der Waals surface area contributed by atoms with E-state index in [4.69, 9.17) is 0 Å². The van der Waals surface area contributed by atoms with Gasteiger partial charge in [-0.25, -0.2) is 9.07 Å². The molecule has 190 valence electrons. The summed E-state index contributed by atoms with van der Waals surface area (Å²) in [5.74, 6) is -1.33. The monoisotopic (exact) mass is 508 g/mol. The summed E-state index contributed by atoms with van der Waals surface area (Å²) < 4.78 is 16.4. The van der Waals surface area contributed by atoms with Crippen LogP contribution in [0.15, 0.2) is 71.7 Å². The molecule has 1 N–H and O–H groups in total. The zero-order valence-electron chi connectivity index (χ0n) is 20.8. The van der Waals surface area contributed by atoms with Crippen molar-refractivity contribution in [2.75, 3.05) is 0 Å². The van der Waals surface area contributed by atoms with Crippen LogP contribution in [-0.4, -0.2) is 25.2 Å². The molecule has 5 rings (SSSR count). The first-order valence-corrected chi connectivity index (χ1v) is 12.4. The number of hydrogen-bond acceptors (Lipinski definition) is 5. The fourth-order valence-electron chi connectivity index (χ4n) is 5.02. The maximum atomic E-state index is 13.6. The van der Waals surface area contributed by atoms with E-state index in [2.05, 4.69) is 5.10 Å². The molecule has 0 amide bonds. The van der Waals surface area contributed by atoms with Crippen molar-refractivity contribution in [3.8, 4) is 28.9 Å². The summed E-state index contributed by atoms with van der Waals surface area (Å²) in [5, 5.41) is 25.4. The molecule has 2 heterocycles. The van der Waals surface area contributed by atoms with Crippen LogP contribution in [0.5, 0.6) is 5.88 Å². The van der Waals surface area contributed by atoms with Crippen LogP contribution in [0.1, 0.15) is 58.8 Å². The Morgan fingerprint density at radius 3 is 2.47 bits per heavy atom. The standard InChI is InChI=1S/C30H25FN4O3/c1-19-25(17-32)29(37)35(24-9-5-6-10-24)30(38)27(19)26(36)16-13-21-18-34(23-7-3-2-4-8-23)33-28(21)20-11-14-22(31)15-12-20/h2-4,7-8,11-16,18,24,38H,5-6,9-10H2,1H3/b16-13+.